The summed E-state index contributed by atoms with van der Waals surface area (Å²) < 4.78 is 11.2. The summed E-state index contributed by atoms with van der Waals surface area (Å²) in [7, 11) is 0. The number of hydrogen-bond donors (Lipinski definition) is 1. The van der Waals surface area contributed by atoms with Crippen LogP contribution in [-0.4, -0.2) is 24.1 Å². The van der Waals surface area contributed by atoms with Gasteiger partial charge in [-0.2, -0.15) is 0 Å². The van der Waals surface area contributed by atoms with E-state index in [1.165, 1.54) is 0 Å². The second kappa shape index (κ2) is 8.85. The van der Waals surface area contributed by atoms with Crippen molar-refractivity contribution in [1.29, 1.82) is 0 Å². The first kappa shape index (κ1) is 17.7. The number of carbonyl (C=O) groups is 1. The maximum atomic E-state index is 12.1. The molecule has 0 atom stereocenters. The summed E-state index contributed by atoms with van der Waals surface area (Å²) in [4.78, 5) is 16.3. The quantitative estimate of drug-likeness (QED) is 0.673. The average Bonchev–Trinajstić information content (AvgIpc) is 2.69. The molecule has 5 nitrogen and oxygen atoms in total. The van der Waals surface area contributed by atoms with Crippen molar-refractivity contribution < 1.29 is 14.3 Å². The van der Waals surface area contributed by atoms with Crippen LogP contribution in [0.4, 0.5) is 0 Å². The van der Waals surface area contributed by atoms with E-state index in [-0.39, 0.29) is 12.5 Å². The Labute approximate surface area is 153 Å². The number of rotatable bonds is 8. The smallest absolute Gasteiger partial charge is 0.258 e. The minimum absolute atomic E-state index is 0.0379. The number of ether oxygens (including phenoxy) is 2. The van der Waals surface area contributed by atoms with Gasteiger partial charge in [0.05, 0.1) is 6.61 Å². The van der Waals surface area contributed by atoms with Crippen molar-refractivity contribution in [3.05, 3.63) is 66.4 Å². The molecule has 2 aromatic carbocycles. The molecule has 1 N–H and O–H groups in total. The zero-order valence-electron chi connectivity index (χ0n) is 14.8. The molecule has 1 aromatic heterocycles. The van der Waals surface area contributed by atoms with Crippen molar-refractivity contribution in [1.82, 2.24) is 10.3 Å². The number of pyridine rings is 1. The number of fused-ring (bicyclic) bond motifs is 1. The van der Waals surface area contributed by atoms with Crippen molar-refractivity contribution in [2.24, 2.45) is 0 Å². The van der Waals surface area contributed by atoms with E-state index in [4.69, 9.17) is 9.47 Å². The summed E-state index contributed by atoms with van der Waals surface area (Å²) in [5.74, 6) is 1.04. The molecule has 0 saturated heterocycles. The lowest BCUT2D eigenvalue weighted by molar-refractivity contribution is -0.123. The first-order valence-electron chi connectivity index (χ1n) is 8.71. The van der Waals surface area contributed by atoms with Crippen LogP contribution in [0.1, 0.15) is 18.9 Å². The fraction of sp³-hybridized carbons (Fsp3) is 0.238. The highest BCUT2D eigenvalue weighted by atomic mass is 16.5. The molecule has 0 radical (unpaired) electrons. The van der Waals surface area contributed by atoms with E-state index in [1.54, 1.807) is 6.20 Å². The summed E-state index contributed by atoms with van der Waals surface area (Å²) in [6.45, 7) is 2.95. The van der Waals surface area contributed by atoms with E-state index in [2.05, 4.69) is 10.3 Å². The Morgan fingerprint density at radius 3 is 2.73 bits per heavy atom. The molecular weight excluding hydrogens is 328 g/mol. The number of hydrogen-bond acceptors (Lipinski definition) is 4. The fourth-order valence-electron chi connectivity index (χ4n) is 2.54. The normalized spacial score (nSPS) is 10.5. The van der Waals surface area contributed by atoms with Crippen molar-refractivity contribution in [2.45, 2.75) is 19.9 Å². The molecule has 0 unspecified atom stereocenters. The van der Waals surface area contributed by atoms with Gasteiger partial charge in [0.25, 0.3) is 5.91 Å². The van der Waals surface area contributed by atoms with Gasteiger partial charge < -0.3 is 14.8 Å². The van der Waals surface area contributed by atoms with Crippen molar-refractivity contribution >= 4 is 16.7 Å². The Bertz CT molecular complexity index is 880. The molecule has 3 rings (SSSR count). The topological polar surface area (TPSA) is 60.5 Å². The lowest BCUT2D eigenvalue weighted by atomic mass is 10.1. The van der Waals surface area contributed by atoms with Crippen LogP contribution in [0.5, 0.6) is 11.6 Å². The van der Waals surface area contributed by atoms with E-state index in [0.717, 1.165) is 22.8 Å². The van der Waals surface area contributed by atoms with E-state index >= 15 is 0 Å². The summed E-state index contributed by atoms with van der Waals surface area (Å²) >= 11 is 0. The van der Waals surface area contributed by atoms with E-state index in [9.17, 15) is 4.79 Å². The summed E-state index contributed by atoms with van der Waals surface area (Å²) in [6, 6.07) is 17.5. The fourth-order valence-corrected chi connectivity index (χ4v) is 2.54. The molecule has 1 amide bonds. The van der Waals surface area contributed by atoms with Gasteiger partial charge in [0.2, 0.25) is 5.88 Å². The van der Waals surface area contributed by atoms with Crippen molar-refractivity contribution in [3.63, 3.8) is 0 Å². The van der Waals surface area contributed by atoms with Gasteiger partial charge in [-0.1, -0.05) is 43.3 Å². The van der Waals surface area contributed by atoms with Gasteiger partial charge in [-0.15, -0.1) is 0 Å². The number of aromatic nitrogens is 1. The Morgan fingerprint density at radius 1 is 1.04 bits per heavy atom. The van der Waals surface area contributed by atoms with Gasteiger partial charge in [-0.05, 0) is 35.4 Å². The first-order valence-corrected chi connectivity index (χ1v) is 8.71. The number of carbonyl (C=O) groups excluding carboxylic acids is 1. The lowest BCUT2D eigenvalue weighted by Gasteiger charge is -2.11. The molecular formula is C21H22N2O3. The minimum Gasteiger partial charge on any atom is -0.484 e. The maximum Gasteiger partial charge on any atom is 0.258 e. The van der Waals surface area contributed by atoms with Crippen LogP contribution in [0.15, 0.2) is 60.8 Å². The molecule has 0 fully saturated rings. The summed E-state index contributed by atoms with van der Waals surface area (Å²) in [5.41, 5.74) is 0.847. The lowest BCUT2D eigenvalue weighted by Crippen LogP contribution is -2.28. The van der Waals surface area contributed by atoms with Crippen LogP contribution in [-0.2, 0) is 11.3 Å². The van der Waals surface area contributed by atoms with Gasteiger partial charge in [0, 0.05) is 18.3 Å². The van der Waals surface area contributed by atoms with Crippen LogP contribution >= 0.6 is 0 Å². The Kier molecular flexibility index (Phi) is 6.04. The van der Waals surface area contributed by atoms with Gasteiger partial charge in [0.1, 0.15) is 5.75 Å². The number of amides is 1. The molecule has 1 heterocycles. The van der Waals surface area contributed by atoms with Gasteiger partial charge in [-0.3, -0.25) is 4.79 Å². The molecule has 134 valence electrons. The molecule has 5 heteroatoms. The summed E-state index contributed by atoms with van der Waals surface area (Å²) in [5, 5.41) is 5.06. The van der Waals surface area contributed by atoms with Crippen LogP contribution < -0.4 is 14.8 Å². The van der Waals surface area contributed by atoms with E-state index in [0.29, 0.717) is 24.8 Å². The largest absolute Gasteiger partial charge is 0.484 e. The van der Waals surface area contributed by atoms with Gasteiger partial charge in [-0.25, -0.2) is 4.98 Å². The number of nitrogens with one attached hydrogen (secondary N) is 1. The van der Waals surface area contributed by atoms with Gasteiger partial charge >= 0.3 is 0 Å². The van der Waals surface area contributed by atoms with Crippen LogP contribution in [0.3, 0.4) is 0 Å². The Hall–Kier alpha value is -3.08. The average molecular weight is 350 g/mol. The monoisotopic (exact) mass is 350 g/mol. The highest BCUT2D eigenvalue weighted by Crippen LogP contribution is 2.20. The van der Waals surface area contributed by atoms with Crippen molar-refractivity contribution in [3.8, 4) is 11.6 Å². The predicted octanol–water partition coefficient (Wildman–Crippen LogP) is 3.72. The second-order valence-corrected chi connectivity index (χ2v) is 5.89. The predicted molar refractivity (Wildman–Crippen MR) is 101 cm³/mol. The molecule has 0 bridgehead atoms. The minimum atomic E-state index is -0.191. The molecule has 0 aliphatic heterocycles. The number of benzene rings is 2. The second-order valence-electron chi connectivity index (χ2n) is 5.89. The third kappa shape index (κ3) is 4.72. The highest BCUT2D eigenvalue weighted by molar-refractivity contribution is 5.84. The van der Waals surface area contributed by atoms with Crippen LogP contribution in [0, 0.1) is 0 Å². The molecule has 3 aromatic rings. The zero-order chi connectivity index (χ0) is 18.2. The molecule has 0 spiro atoms. The third-order valence-electron chi connectivity index (χ3n) is 3.86. The molecule has 26 heavy (non-hydrogen) atoms. The van der Waals surface area contributed by atoms with Crippen LogP contribution in [0.25, 0.3) is 10.8 Å². The van der Waals surface area contributed by atoms with Gasteiger partial charge in [0.15, 0.2) is 6.61 Å². The van der Waals surface area contributed by atoms with E-state index in [1.807, 2.05) is 61.5 Å². The molecule has 0 aliphatic rings. The zero-order valence-corrected chi connectivity index (χ0v) is 14.8. The Balaban J connectivity index is 1.52. The first-order chi connectivity index (χ1) is 12.8. The maximum absolute atomic E-state index is 12.1. The SMILES string of the molecule is CCCOc1ncccc1CNC(=O)COc1ccc2ccccc2c1. The Morgan fingerprint density at radius 2 is 1.88 bits per heavy atom. The number of nitrogens with zero attached hydrogens (tertiary/aromatic N) is 1. The summed E-state index contributed by atoms with van der Waals surface area (Å²) in [6.07, 6.45) is 2.58. The van der Waals surface area contributed by atoms with Crippen LogP contribution in [0.2, 0.25) is 0 Å². The standard InChI is InChI=1S/C21H22N2O3/c1-2-12-25-21-18(8-5-11-22-21)14-23-20(24)15-26-19-10-9-16-6-3-4-7-17(16)13-19/h3-11,13H,2,12,14-15H2,1H3,(H,23,24). The van der Waals surface area contributed by atoms with E-state index < -0.39 is 0 Å². The highest BCUT2D eigenvalue weighted by Gasteiger charge is 2.08. The van der Waals surface area contributed by atoms with Crippen molar-refractivity contribution in [2.75, 3.05) is 13.2 Å². The third-order valence-corrected chi connectivity index (χ3v) is 3.86. The molecule has 0 saturated carbocycles. The molecule has 0 aliphatic carbocycles.